The van der Waals surface area contributed by atoms with Crippen molar-refractivity contribution in [3.63, 3.8) is 0 Å². The molecule has 19 heavy (non-hydrogen) atoms. The fourth-order valence-electron chi connectivity index (χ4n) is 1.34. The Balaban J connectivity index is 2.70. The number of anilines is 1. The van der Waals surface area contributed by atoms with E-state index in [0.29, 0.717) is 12.5 Å². The van der Waals surface area contributed by atoms with Crippen LogP contribution in [-0.4, -0.2) is 47.7 Å². The standard InChI is InChI=1S/C14H26N4O/c1-7-8-15-12-9-13(17-11(2)16-12)19-10-14(3,4)18(5)6/h9H,7-8,10H2,1-6H3,(H,15,16,17). The van der Waals surface area contributed by atoms with Crippen LogP contribution in [0.3, 0.4) is 0 Å². The largest absolute Gasteiger partial charge is 0.476 e. The lowest BCUT2D eigenvalue weighted by atomic mass is 10.1. The predicted octanol–water partition coefficient (Wildman–Crippen LogP) is 2.33. The molecule has 0 saturated carbocycles. The lowest BCUT2D eigenvalue weighted by molar-refractivity contribution is 0.111. The second-order valence-corrected chi connectivity index (χ2v) is 5.56. The minimum absolute atomic E-state index is 0.0319. The van der Waals surface area contributed by atoms with E-state index >= 15 is 0 Å². The van der Waals surface area contributed by atoms with Gasteiger partial charge < -0.3 is 15.0 Å². The summed E-state index contributed by atoms with van der Waals surface area (Å²) in [6, 6.07) is 1.86. The molecule has 0 fully saturated rings. The number of likely N-dealkylation sites (N-methyl/N-ethyl adjacent to an activating group) is 1. The lowest BCUT2D eigenvalue weighted by Crippen LogP contribution is -2.43. The minimum atomic E-state index is -0.0319. The molecular weight excluding hydrogens is 240 g/mol. The molecule has 1 rings (SSSR count). The Hall–Kier alpha value is -1.36. The molecule has 5 heteroatoms. The van der Waals surface area contributed by atoms with Gasteiger partial charge in [0.2, 0.25) is 5.88 Å². The molecule has 1 aromatic rings. The number of ether oxygens (including phenoxy) is 1. The number of aryl methyl sites for hydroxylation is 1. The fraction of sp³-hybridized carbons (Fsp3) is 0.714. The number of nitrogens with one attached hydrogen (secondary N) is 1. The SMILES string of the molecule is CCCNc1cc(OCC(C)(C)N(C)C)nc(C)n1. The summed E-state index contributed by atoms with van der Waals surface area (Å²) >= 11 is 0. The Morgan fingerprint density at radius 3 is 2.58 bits per heavy atom. The highest BCUT2D eigenvalue weighted by Gasteiger charge is 2.21. The Bertz CT molecular complexity index is 404. The van der Waals surface area contributed by atoms with Crippen molar-refractivity contribution in [1.29, 1.82) is 0 Å². The number of rotatable bonds is 7. The quantitative estimate of drug-likeness (QED) is 0.821. The zero-order valence-corrected chi connectivity index (χ0v) is 12.9. The van der Waals surface area contributed by atoms with Crippen LogP contribution in [0.5, 0.6) is 5.88 Å². The van der Waals surface area contributed by atoms with Gasteiger partial charge in [-0.2, -0.15) is 4.98 Å². The van der Waals surface area contributed by atoms with Crippen molar-refractivity contribution in [3.8, 4) is 5.88 Å². The Labute approximate surface area is 116 Å². The maximum atomic E-state index is 5.80. The maximum Gasteiger partial charge on any atom is 0.218 e. The van der Waals surface area contributed by atoms with Crippen LogP contribution in [0.15, 0.2) is 6.07 Å². The molecular formula is C14H26N4O. The second kappa shape index (κ2) is 6.70. The molecule has 1 heterocycles. The molecule has 0 spiro atoms. The van der Waals surface area contributed by atoms with Gasteiger partial charge in [-0.25, -0.2) is 4.98 Å². The topological polar surface area (TPSA) is 50.3 Å². The smallest absolute Gasteiger partial charge is 0.218 e. The van der Waals surface area contributed by atoms with E-state index in [1.807, 2.05) is 27.1 Å². The molecule has 0 aromatic carbocycles. The van der Waals surface area contributed by atoms with E-state index in [1.165, 1.54) is 0 Å². The van der Waals surface area contributed by atoms with Gasteiger partial charge in [0, 0.05) is 18.2 Å². The molecule has 0 aliphatic carbocycles. The van der Waals surface area contributed by atoms with Crippen LogP contribution in [0.1, 0.15) is 33.0 Å². The number of hydrogen-bond acceptors (Lipinski definition) is 5. The van der Waals surface area contributed by atoms with Crippen LogP contribution in [0.4, 0.5) is 5.82 Å². The first-order chi connectivity index (χ1) is 8.85. The van der Waals surface area contributed by atoms with E-state index in [9.17, 15) is 0 Å². The highest BCUT2D eigenvalue weighted by atomic mass is 16.5. The third-order valence-corrected chi connectivity index (χ3v) is 3.15. The predicted molar refractivity (Wildman–Crippen MR) is 78.8 cm³/mol. The number of nitrogens with zero attached hydrogens (tertiary/aromatic N) is 3. The molecule has 5 nitrogen and oxygen atoms in total. The summed E-state index contributed by atoms with van der Waals surface area (Å²) in [5, 5.41) is 3.25. The first-order valence-corrected chi connectivity index (χ1v) is 6.75. The van der Waals surface area contributed by atoms with E-state index in [2.05, 4.69) is 41.0 Å². The summed E-state index contributed by atoms with van der Waals surface area (Å²) in [4.78, 5) is 10.8. The highest BCUT2D eigenvalue weighted by Crippen LogP contribution is 2.17. The second-order valence-electron chi connectivity index (χ2n) is 5.56. The molecule has 0 aliphatic rings. The van der Waals surface area contributed by atoms with Gasteiger partial charge in [0.05, 0.1) is 0 Å². The van der Waals surface area contributed by atoms with Crippen molar-refractivity contribution in [1.82, 2.24) is 14.9 Å². The third kappa shape index (κ3) is 5.03. The Morgan fingerprint density at radius 2 is 2.00 bits per heavy atom. The lowest BCUT2D eigenvalue weighted by Gasteiger charge is -2.31. The van der Waals surface area contributed by atoms with Gasteiger partial charge in [-0.15, -0.1) is 0 Å². The van der Waals surface area contributed by atoms with E-state index in [0.717, 1.165) is 24.6 Å². The van der Waals surface area contributed by atoms with Crippen LogP contribution in [0.25, 0.3) is 0 Å². The van der Waals surface area contributed by atoms with Crippen molar-refractivity contribution in [2.75, 3.05) is 32.6 Å². The summed E-state index contributed by atoms with van der Waals surface area (Å²) < 4.78 is 5.80. The van der Waals surface area contributed by atoms with Crippen molar-refractivity contribution in [2.24, 2.45) is 0 Å². The molecule has 108 valence electrons. The number of hydrogen-bond donors (Lipinski definition) is 1. The summed E-state index contributed by atoms with van der Waals surface area (Å²) in [5.74, 6) is 2.17. The third-order valence-electron chi connectivity index (χ3n) is 3.15. The molecule has 0 bridgehead atoms. The zero-order chi connectivity index (χ0) is 14.5. The van der Waals surface area contributed by atoms with Gasteiger partial charge in [0.25, 0.3) is 0 Å². The summed E-state index contributed by atoms with van der Waals surface area (Å²) in [6.45, 7) is 9.76. The van der Waals surface area contributed by atoms with Crippen LogP contribution in [0.2, 0.25) is 0 Å². The number of aromatic nitrogens is 2. The molecule has 0 aliphatic heterocycles. The van der Waals surface area contributed by atoms with Crippen LogP contribution >= 0.6 is 0 Å². The van der Waals surface area contributed by atoms with E-state index in [4.69, 9.17) is 4.74 Å². The van der Waals surface area contributed by atoms with Gasteiger partial charge in [-0.3, -0.25) is 0 Å². The summed E-state index contributed by atoms with van der Waals surface area (Å²) in [5.41, 5.74) is -0.0319. The molecule has 1 N–H and O–H groups in total. The molecule has 0 amide bonds. The van der Waals surface area contributed by atoms with Gasteiger partial charge >= 0.3 is 0 Å². The Kier molecular flexibility index (Phi) is 5.54. The van der Waals surface area contributed by atoms with Crippen molar-refractivity contribution in [3.05, 3.63) is 11.9 Å². The van der Waals surface area contributed by atoms with Crippen LogP contribution in [-0.2, 0) is 0 Å². The molecule has 0 atom stereocenters. The molecule has 0 unspecified atom stereocenters. The average Bonchev–Trinajstić information content (AvgIpc) is 2.33. The normalized spacial score (nSPS) is 11.7. The average molecular weight is 266 g/mol. The first kappa shape index (κ1) is 15.7. The van der Waals surface area contributed by atoms with Gasteiger partial charge in [0.1, 0.15) is 18.2 Å². The van der Waals surface area contributed by atoms with Crippen molar-refractivity contribution in [2.45, 2.75) is 39.7 Å². The first-order valence-electron chi connectivity index (χ1n) is 6.75. The van der Waals surface area contributed by atoms with Crippen molar-refractivity contribution >= 4 is 5.82 Å². The monoisotopic (exact) mass is 266 g/mol. The molecule has 0 radical (unpaired) electrons. The molecule has 0 saturated heterocycles. The van der Waals surface area contributed by atoms with E-state index in [1.54, 1.807) is 0 Å². The Morgan fingerprint density at radius 1 is 1.32 bits per heavy atom. The zero-order valence-electron chi connectivity index (χ0n) is 12.9. The van der Waals surface area contributed by atoms with Gasteiger partial charge in [-0.05, 0) is 41.3 Å². The van der Waals surface area contributed by atoms with Gasteiger partial charge in [-0.1, -0.05) is 6.92 Å². The summed E-state index contributed by atoms with van der Waals surface area (Å²) in [6.07, 6.45) is 1.06. The van der Waals surface area contributed by atoms with Crippen LogP contribution < -0.4 is 10.1 Å². The molecule has 1 aromatic heterocycles. The van der Waals surface area contributed by atoms with Crippen molar-refractivity contribution < 1.29 is 4.74 Å². The van der Waals surface area contributed by atoms with Gasteiger partial charge in [0.15, 0.2) is 0 Å². The van der Waals surface area contributed by atoms with E-state index < -0.39 is 0 Å². The van der Waals surface area contributed by atoms with E-state index in [-0.39, 0.29) is 5.54 Å². The summed E-state index contributed by atoms with van der Waals surface area (Å²) in [7, 11) is 4.09. The van der Waals surface area contributed by atoms with Crippen LogP contribution in [0, 0.1) is 6.92 Å². The fourth-order valence-corrected chi connectivity index (χ4v) is 1.34. The highest BCUT2D eigenvalue weighted by molar-refractivity contribution is 5.38. The maximum absolute atomic E-state index is 5.80. The minimum Gasteiger partial charge on any atom is -0.476 e.